The van der Waals surface area contributed by atoms with Gasteiger partial charge in [0.05, 0.1) is 5.52 Å². The lowest BCUT2D eigenvalue weighted by Crippen LogP contribution is -2.35. The molecule has 1 unspecified atom stereocenters. The summed E-state index contributed by atoms with van der Waals surface area (Å²) in [6.07, 6.45) is 0. The molecular weight excluding hydrogens is 233 g/mol. The molecule has 0 radical (unpaired) electrons. The van der Waals surface area contributed by atoms with Crippen LogP contribution in [0.3, 0.4) is 0 Å². The molecule has 0 spiro atoms. The van der Waals surface area contributed by atoms with Gasteiger partial charge in [0.25, 0.3) is 5.91 Å². The number of rotatable bonds is 3. The molecule has 0 saturated heterocycles. The second kappa shape index (κ2) is 4.78. The standard InChI is InChI=1S/C13H16FN3O/c1-8(15)7-16-13(18)12-6-9-10(14)4-3-5-11(9)17(12)2/h3-6,8H,7,15H2,1-2H3,(H,16,18). The molecule has 1 aromatic carbocycles. The molecule has 1 heterocycles. The predicted octanol–water partition coefficient (Wildman–Crippen LogP) is 1.39. The largest absolute Gasteiger partial charge is 0.349 e. The number of hydrogen-bond acceptors (Lipinski definition) is 2. The van der Waals surface area contributed by atoms with E-state index < -0.39 is 0 Å². The Kier molecular flexibility index (Phi) is 3.34. The SMILES string of the molecule is CC(N)CNC(=O)c1cc2c(F)cccc2n1C. The topological polar surface area (TPSA) is 60.0 Å². The second-order valence-corrected chi connectivity index (χ2v) is 4.45. The molecule has 2 rings (SSSR count). The van der Waals surface area contributed by atoms with Crippen LogP contribution in [0.15, 0.2) is 24.3 Å². The van der Waals surface area contributed by atoms with Crippen molar-refractivity contribution < 1.29 is 9.18 Å². The van der Waals surface area contributed by atoms with Crippen molar-refractivity contribution in [1.29, 1.82) is 0 Å². The van der Waals surface area contributed by atoms with E-state index >= 15 is 0 Å². The van der Waals surface area contributed by atoms with Gasteiger partial charge in [-0.05, 0) is 25.1 Å². The molecule has 1 atom stereocenters. The summed E-state index contributed by atoms with van der Waals surface area (Å²) in [6.45, 7) is 2.20. The van der Waals surface area contributed by atoms with E-state index in [1.807, 2.05) is 0 Å². The number of benzene rings is 1. The lowest BCUT2D eigenvalue weighted by atomic mass is 10.2. The average molecular weight is 249 g/mol. The van der Waals surface area contributed by atoms with E-state index in [4.69, 9.17) is 5.73 Å². The average Bonchev–Trinajstić information content (AvgIpc) is 2.66. The van der Waals surface area contributed by atoms with Crippen molar-refractivity contribution in [3.63, 3.8) is 0 Å². The van der Waals surface area contributed by atoms with Crippen LogP contribution < -0.4 is 11.1 Å². The number of carbonyl (C=O) groups is 1. The number of nitrogens with zero attached hydrogens (tertiary/aromatic N) is 1. The first-order valence-electron chi connectivity index (χ1n) is 5.78. The maximum atomic E-state index is 13.6. The molecule has 4 nitrogen and oxygen atoms in total. The zero-order chi connectivity index (χ0) is 13.3. The third-order valence-electron chi connectivity index (χ3n) is 2.85. The van der Waals surface area contributed by atoms with E-state index in [1.54, 1.807) is 36.7 Å². The molecule has 96 valence electrons. The first-order chi connectivity index (χ1) is 8.50. The van der Waals surface area contributed by atoms with Gasteiger partial charge < -0.3 is 15.6 Å². The zero-order valence-electron chi connectivity index (χ0n) is 10.4. The summed E-state index contributed by atoms with van der Waals surface area (Å²) in [4.78, 5) is 11.9. The number of aromatic nitrogens is 1. The summed E-state index contributed by atoms with van der Waals surface area (Å²) in [6, 6.07) is 6.23. The monoisotopic (exact) mass is 249 g/mol. The normalized spacial score (nSPS) is 12.7. The molecule has 3 N–H and O–H groups in total. The van der Waals surface area contributed by atoms with E-state index in [1.165, 1.54) is 6.07 Å². The molecule has 0 saturated carbocycles. The number of fused-ring (bicyclic) bond motifs is 1. The van der Waals surface area contributed by atoms with Crippen LogP contribution in [0.5, 0.6) is 0 Å². The second-order valence-electron chi connectivity index (χ2n) is 4.45. The molecule has 1 aromatic heterocycles. The van der Waals surface area contributed by atoms with E-state index in [9.17, 15) is 9.18 Å². The number of halogens is 1. The first kappa shape index (κ1) is 12.6. The Morgan fingerprint density at radius 1 is 1.56 bits per heavy atom. The molecule has 18 heavy (non-hydrogen) atoms. The van der Waals surface area contributed by atoms with Crippen molar-refractivity contribution >= 4 is 16.8 Å². The van der Waals surface area contributed by atoms with Crippen molar-refractivity contribution in [2.24, 2.45) is 12.8 Å². The van der Waals surface area contributed by atoms with Gasteiger partial charge in [-0.25, -0.2) is 4.39 Å². The Morgan fingerprint density at radius 3 is 2.89 bits per heavy atom. The third kappa shape index (κ3) is 2.22. The number of carbonyl (C=O) groups excluding carboxylic acids is 1. The number of aryl methyl sites for hydroxylation is 1. The van der Waals surface area contributed by atoms with Gasteiger partial charge >= 0.3 is 0 Å². The number of nitrogens with one attached hydrogen (secondary N) is 1. The Hall–Kier alpha value is -1.88. The van der Waals surface area contributed by atoms with Crippen LogP contribution in [0.25, 0.3) is 10.9 Å². The third-order valence-corrected chi connectivity index (χ3v) is 2.85. The maximum Gasteiger partial charge on any atom is 0.267 e. The summed E-state index contributed by atoms with van der Waals surface area (Å²) in [5.41, 5.74) is 6.70. The van der Waals surface area contributed by atoms with Crippen LogP contribution in [0, 0.1) is 5.82 Å². The molecule has 2 aromatic rings. The quantitative estimate of drug-likeness (QED) is 0.863. The molecule has 0 aliphatic heterocycles. The summed E-state index contributed by atoms with van der Waals surface area (Å²) in [5, 5.41) is 3.16. The van der Waals surface area contributed by atoms with Gasteiger partial charge in [-0.3, -0.25) is 4.79 Å². The fourth-order valence-electron chi connectivity index (χ4n) is 1.89. The van der Waals surface area contributed by atoms with E-state index in [-0.39, 0.29) is 17.8 Å². The Morgan fingerprint density at radius 2 is 2.28 bits per heavy atom. The first-order valence-corrected chi connectivity index (χ1v) is 5.78. The van der Waals surface area contributed by atoms with E-state index in [0.29, 0.717) is 23.1 Å². The van der Waals surface area contributed by atoms with Crippen LogP contribution in [0.2, 0.25) is 0 Å². The van der Waals surface area contributed by atoms with Crippen molar-refractivity contribution in [3.05, 3.63) is 35.8 Å². The van der Waals surface area contributed by atoms with Gasteiger partial charge in [0, 0.05) is 25.0 Å². The molecule has 0 bridgehead atoms. The minimum atomic E-state index is -0.325. The molecule has 1 amide bonds. The van der Waals surface area contributed by atoms with E-state index in [2.05, 4.69) is 5.32 Å². The predicted molar refractivity (Wildman–Crippen MR) is 68.9 cm³/mol. The van der Waals surface area contributed by atoms with Crippen LogP contribution in [0.4, 0.5) is 4.39 Å². The van der Waals surface area contributed by atoms with Crippen molar-refractivity contribution in [1.82, 2.24) is 9.88 Å². The summed E-state index contributed by atoms with van der Waals surface area (Å²) in [5.74, 6) is -0.570. The van der Waals surface area contributed by atoms with Crippen LogP contribution in [-0.4, -0.2) is 23.1 Å². The molecular formula is C13H16FN3O. The lowest BCUT2D eigenvalue weighted by Gasteiger charge is -2.08. The Labute approximate surface area is 105 Å². The molecule has 0 fully saturated rings. The summed E-state index contributed by atoms with van der Waals surface area (Å²) in [7, 11) is 1.74. The van der Waals surface area contributed by atoms with Crippen molar-refractivity contribution in [3.8, 4) is 0 Å². The van der Waals surface area contributed by atoms with Gasteiger partial charge in [-0.1, -0.05) is 6.07 Å². The molecule has 0 aliphatic carbocycles. The highest BCUT2D eigenvalue weighted by atomic mass is 19.1. The minimum absolute atomic E-state index is 0.111. The van der Waals surface area contributed by atoms with Gasteiger partial charge in [0.2, 0.25) is 0 Å². The fraction of sp³-hybridized carbons (Fsp3) is 0.308. The maximum absolute atomic E-state index is 13.6. The Balaban J connectivity index is 2.37. The smallest absolute Gasteiger partial charge is 0.267 e. The highest BCUT2D eigenvalue weighted by molar-refractivity contribution is 5.98. The molecule has 0 aliphatic rings. The van der Waals surface area contributed by atoms with E-state index in [0.717, 1.165) is 0 Å². The fourth-order valence-corrected chi connectivity index (χ4v) is 1.89. The number of hydrogen-bond donors (Lipinski definition) is 2. The van der Waals surface area contributed by atoms with Crippen molar-refractivity contribution in [2.75, 3.05) is 6.54 Å². The number of amides is 1. The number of nitrogens with two attached hydrogens (primary N) is 1. The van der Waals surface area contributed by atoms with Gasteiger partial charge in [0.15, 0.2) is 0 Å². The summed E-state index contributed by atoms with van der Waals surface area (Å²) < 4.78 is 15.3. The van der Waals surface area contributed by atoms with Crippen LogP contribution in [-0.2, 0) is 7.05 Å². The van der Waals surface area contributed by atoms with Crippen molar-refractivity contribution in [2.45, 2.75) is 13.0 Å². The highest BCUT2D eigenvalue weighted by Gasteiger charge is 2.15. The zero-order valence-corrected chi connectivity index (χ0v) is 10.4. The Bertz CT molecular complexity index is 589. The van der Waals surface area contributed by atoms with Gasteiger partial charge in [0.1, 0.15) is 11.5 Å². The van der Waals surface area contributed by atoms with Gasteiger partial charge in [-0.2, -0.15) is 0 Å². The van der Waals surface area contributed by atoms with Crippen LogP contribution >= 0.6 is 0 Å². The lowest BCUT2D eigenvalue weighted by molar-refractivity contribution is 0.0944. The summed E-state index contributed by atoms with van der Waals surface area (Å²) >= 11 is 0. The highest BCUT2D eigenvalue weighted by Crippen LogP contribution is 2.21. The molecule has 5 heteroatoms. The van der Waals surface area contributed by atoms with Gasteiger partial charge in [-0.15, -0.1) is 0 Å². The minimum Gasteiger partial charge on any atom is -0.349 e. The van der Waals surface area contributed by atoms with Crippen LogP contribution in [0.1, 0.15) is 17.4 Å².